The molecule has 1 N–H and O–H groups in total. The van der Waals surface area contributed by atoms with Crippen LogP contribution in [0.4, 0.5) is 4.39 Å². The lowest BCUT2D eigenvalue weighted by atomic mass is 10.1. The summed E-state index contributed by atoms with van der Waals surface area (Å²) in [6.45, 7) is 3.03. The van der Waals surface area contributed by atoms with Gasteiger partial charge in [-0.25, -0.2) is 4.39 Å². The number of carbonyl (C=O) groups is 1. The van der Waals surface area contributed by atoms with Gasteiger partial charge in [0.2, 0.25) is 0 Å². The zero-order valence-electron chi connectivity index (χ0n) is 14.3. The van der Waals surface area contributed by atoms with Crippen molar-refractivity contribution < 1.29 is 13.9 Å². The molecule has 0 heterocycles. The third kappa shape index (κ3) is 4.80. The summed E-state index contributed by atoms with van der Waals surface area (Å²) in [4.78, 5) is 14.2. The van der Waals surface area contributed by atoms with Gasteiger partial charge in [0.05, 0.1) is 12.6 Å². The van der Waals surface area contributed by atoms with E-state index in [-0.39, 0.29) is 17.8 Å². The quantitative estimate of drug-likeness (QED) is 0.847. The van der Waals surface area contributed by atoms with Crippen molar-refractivity contribution in [2.75, 3.05) is 27.2 Å². The number of nitrogens with one attached hydrogen (secondary N) is 1. The van der Waals surface area contributed by atoms with Gasteiger partial charge in [0, 0.05) is 12.1 Å². The molecular weight excluding hydrogens is 307 g/mol. The first kappa shape index (κ1) is 17.9. The van der Waals surface area contributed by atoms with E-state index in [2.05, 4.69) is 5.32 Å². The van der Waals surface area contributed by atoms with E-state index >= 15 is 0 Å². The van der Waals surface area contributed by atoms with E-state index in [0.717, 1.165) is 11.3 Å². The van der Waals surface area contributed by atoms with Gasteiger partial charge in [-0.05, 0) is 63.0 Å². The maximum Gasteiger partial charge on any atom is 0.251 e. The fraction of sp³-hybridized carbons (Fsp3) is 0.316. The number of nitrogens with zero attached hydrogens (tertiary/aromatic N) is 1. The first-order valence-corrected chi connectivity index (χ1v) is 7.94. The number of carbonyl (C=O) groups excluding carboxylic acids is 1. The number of amides is 1. The minimum Gasteiger partial charge on any atom is -0.494 e. The lowest BCUT2D eigenvalue weighted by Gasteiger charge is -2.25. The molecule has 1 atom stereocenters. The Labute approximate surface area is 142 Å². The number of halogens is 1. The van der Waals surface area contributed by atoms with Gasteiger partial charge < -0.3 is 15.0 Å². The van der Waals surface area contributed by atoms with Crippen LogP contribution in [0, 0.1) is 5.82 Å². The van der Waals surface area contributed by atoms with Crippen molar-refractivity contribution in [2.24, 2.45) is 0 Å². The normalized spacial score (nSPS) is 12.0. The van der Waals surface area contributed by atoms with Crippen LogP contribution in [-0.2, 0) is 0 Å². The zero-order valence-corrected chi connectivity index (χ0v) is 14.3. The molecule has 2 aromatic carbocycles. The number of ether oxygens (including phenoxy) is 1. The minimum atomic E-state index is -0.355. The maximum absolute atomic E-state index is 12.9. The van der Waals surface area contributed by atoms with Crippen LogP contribution < -0.4 is 10.1 Å². The molecule has 128 valence electrons. The average molecular weight is 330 g/mol. The van der Waals surface area contributed by atoms with Crippen LogP contribution in [0.5, 0.6) is 5.75 Å². The van der Waals surface area contributed by atoms with E-state index < -0.39 is 0 Å². The molecule has 2 rings (SSSR count). The summed E-state index contributed by atoms with van der Waals surface area (Å²) < 4.78 is 18.4. The summed E-state index contributed by atoms with van der Waals surface area (Å²) in [5, 5.41) is 2.90. The molecule has 0 aliphatic heterocycles. The van der Waals surface area contributed by atoms with Crippen LogP contribution in [0.1, 0.15) is 28.9 Å². The first-order chi connectivity index (χ1) is 11.5. The topological polar surface area (TPSA) is 41.6 Å². The number of hydrogen-bond acceptors (Lipinski definition) is 3. The lowest BCUT2D eigenvalue weighted by molar-refractivity contribution is 0.0942. The second-order valence-electron chi connectivity index (χ2n) is 5.70. The highest BCUT2D eigenvalue weighted by Crippen LogP contribution is 2.21. The molecule has 5 heteroatoms. The monoisotopic (exact) mass is 330 g/mol. The summed E-state index contributed by atoms with van der Waals surface area (Å²) in [6, 6.07) is 13.4. The first-order valence-electron chi connectivity index (χ1n) is 7.94. The van der Waals surface area contributed by atoms with Gasteiger partial charge in [0.1, 0.15) is 11.6 Å². The van der Waals surface area contributed by atoms with Crippen LogP contribution in [-0.4, -0.2) is 38.1 Å². The van der Waals surface area contributed by atoms with Gasteiger partial charge in [-0.3, -0.25) is 4.79 Å². The molecular formula is C19H23FN2O2. The Kier molecular flexibility index (Phi) is 6.32. The summed E-state index contributed by atoms with van der Waals surface area (Å²) in [6.07, 6.45) is 0. The van der Waals surface area contributed by atoms with E-state index in [1.807, 2.05) is 50.2 Å². The highest BCUT2D eigenvalue weighted by atomic mass is 19.1. The molecule has 0 spiro atoms. The van der Waals surface area contributed by atoms with E-state index in [4.69, 9.17) is 4.74 Å². The van der Waals surface area contributed by atoms with Crippen LogP contribution in [0.15, 0.2) is 48.5 Å². The number of hydrogen-bond donors (Lipinski definition) is 1. The third-order valence-electron chi connectivity index (χ3n) is 3.76. The Morgan fingerprint density at radius 3 is 2.29 bits per heavy atom. The van der Waals surface area contributed by atoms with Crippen LogP contribution in [0.2, 0.25) is 0 Å². The molecule has 1 amide bonds. The highest BCUT2D eigenvalue weighted by molar-refractivity contribution is 5.94. The Morgan fingerprint density at radius 1 is 1.12 bits per heavy atom. The summed E-state index contributed by atoms with van der Waals surface area (Å²) in [5.74, 6) is 0.258. The van der Waals surface area contributed by atoms with Crippen molar-refractivity contribution in [1.82, 2.24) is 10.2 Å². The van der Waals surface area contributed by atoms with Crippen molar-refractivity contribution in [2.45, 2.75) is 13.0 Å². The van der Waals surface area contributed by atoms with Gasteiger partial charge in [-0.2, -0.15) is 0 Å². The molecule has 2 aromatic rings. The number of likely N-dealkylation sites (N-methyl/N-ethyl adjacent to an activating group) is 1. The molecule has 0 aromatic heterocycles. The van der Waals surface area contributed by atoms with Crippen molar-refractivity contribution in [3.8, 4) is 5.75 Å². The predicted molar refractivity (Wildman–Crippen MR) is 92.8 cm³/mol. The Hall–Kier alpha value is -2.40. The van der Waals surface area contributed by atoms with Crippen molar-refractivity contribution in [3.63, 3.8) is 0 Å². The fourth-order valence-electron chi connectivity index (χ4n) is 2.44. The molecule has 0 aliphatic rings. The number of benzene rings is 2. The highest BCUT2D eigenvalue weighted by Gasteiger charge is 2.16. The largest absolute Gasteiger partial charge is 0.494 e. The van der Waals surface area contributed by atoms with Gasteiger partial charge in [-0.1, -0.05) is 12.1 Å². The molecule has 4 nitrogen and oxygen atoms in total. The van der Waals surface area contributed by atoms with Gasteiger partial charge >= 0.3 is 0 Å². The third-order valence-corrected chi connectivity index (χ3v) is 3.76. The smallest absolute Gasteiger partial charge is 0.251 e. The van der Waals surface area contributed by atoms with Gasteiger partial charge in [0.15, 0.2) is 0 Å². The van der Waals surface area contributed by atoms with Crippen molar-refractivity contribution in [1.29, 1.82) is 0 Å². The summed E-state index contributed by atoms with van der Waals surface area (Å²) in [5.41, 5.74) is 1.53. The van der Waals surface area contributed by atoms with Crippen LogP contribution in [0.25, 0.3) is 0 Å². The van der Waals surface area contributed by atoms with E-state index in [9.17, 15) is 9.18 Å². The molecule has 24 heavy (non-hydrogen) atoms. The summed E-state index contributed by atoms with van der Waals surface area (Å²) in [7, 11) is 3.93. The number of rotatable bonds is 7. The van der Waals surface area contributed by atoms with E-state index in [1.54, 1.807) is 0 Å². The Morgan fingerprint density at radius 2 is 1.75 bits per heavy atom. The molecule has 0 radical (unpaired) electrons. The molecule has 0 saturated carbocycles. The lowest BCUT2D eigenvalue weighted by Crippen LogP contribution is -2.34. The minimum absolute atomic E-state index is 0.0325. The van der Waals surface area contributed by atoms with E-state index in [1.165, 1.54) is 24.3 Å². The van der Waals surface area contributed by atoms with Crippen molar-refractivity contribution >= 4 is 5.91 Å². The molecule has 0 bridgehead atoms. The zero-order chi connectivity index (χ0) is 17.5. The fourth-order valence-corrected chi connectivity index (χ4v) is 2.44. The second kappa shape index (κ2) is 8.45. The van der Waals surface area contributed by atoms with Gasteiger partial charge in [0.25, 0.3) is 5.91 Å². The Bertz CT molecular complexity index is 654. The van der Waals surface area contributed by atoms with Crippen LogP contribution >= 0.6 is 0 Å². The standard InChI is InChI=1S/C19H23FN2O2/c1-4-24-17-11-7-14(8-12-17)18(22(2)3)13-21-19(23)15-5-9-16(20)10-6-15/h5-12,18H,4,13H2,1-3H3,(H,21,23). The Balaban J connectivity index is 2.03. The average Bonchev–Trinajstić information content (AvgIpc) is 2.57. The molecule has 0 aliphatic carbocycles. The van der Waals surface area contributed by atoms with Crippen LogP contribution in [0.3, 0.4) is 0 Å². The van der Waals surface area contributed by atoms with E-state index in [0.29, 0.717) is 18.7 Å². The second-order valence-corrected chi connectivity index (χ2v) is 5.70. The molecule has 1 unspecified atom stereocenters. The molecule has 0 fully saturated rings. The SMILES string of the molecule is CCOc1ccc(C(CNC(=O)c2ccc(F)cc2)N(C)C)cc1. The van der Waals surface area contributed by atoms with Crippen molar-refractivity contribution in [3.05, 3.63) is 65.5 Å². The maximum atomic E-state index is 12.9. The predicted octanol–water partition coefficient (Wildman–Crippen LogP) is 3.26. The molecule has 0 saturated heterocycles. The van der Waals surface area contributed by atoms with Gasteiger partial charge in [-0.15, -0.1) is 0 Å². The summed E-state index contributed by atoms with van der Waals surface area (Å²) >= 11 is 0.